The van der Waals surface area contributed by atoms with Gasteiger partial charge in [0.2, 0.25) is 17.1 Å². The number of nitrogens with two attached hydrogens (primary N) is 1. The van der Waals surface area contributed by atoms with Crippen molar-refractivity contribution in [1.82, 2.24) is 4.90 Å². The molecule has 3 aromatic carbocycles. The molecule has 0 saturated heterocycles. The molecule has 0 radical (unpaired) electrons. The summed E-state index contributed by atoms with van der Waals surface area (Å²) in [5.74, 6) is -0.586. The van der Waals surface area contributed by atoms with E-state index in [2.05, 4.69) is 47.1 Å². The third kappa shape index (κ3) is 5.00. The number of imide groups is 1. The lowest BCUT2D eigenvalue weighted by atomic mass is 9.98. The Morgan fingerprint density at radius 2 is 1.61 bits per heavy atom. The number of nitrogens with one attached hydrogen (secondary N) is 1. The zero-order valence-electron chi connectivity index (χ0n) is 21.4. The average molecular weight is 508 g/mol. The molecule has 7 heteroatoms. The van der Waals surface area contributed by atoms with Crippen LogP contribution in [0.25, 0.3) is 32.9 Å². The molecular formula is C31H31N4O3+. The van der Waals surface area contributed by atoms with Crippen molar-refractivity contribution in [1.29, 1.82) is 0 Å². The minimum absolute atomic E-state index is 0.0578. The summed E-state index contributed by atoms with van der Waals surface area (Å²) in [6, 6.07) is 22.3. The average Bonchev–Trinajstić information content (AvgIpc) is 3.24. The fraction of sp³-hybridized carbons (Fsp3) is 0.226. The minimum atomic E-state index is -0.264. The predicted octanol–water partition coefficient (Wildman–Crippen LogP) is 4.97. The summed E-state index contributed by atoms with van der Waals surface area (Å²) in [4.78, 5) is 37.3. The number of nitrogens with zero attached hydrogens (tertiary/aromatic N) is 2. The van der Waals surface area contributed by atoms with E-state index in [0.29, 0.717) is 25.8 Å². The third-order valence-corrected chi connectivity index (χ3v) is 6.98. The van der Waals surface area contributed by atoms with Crippen LogP contribution in [0.4, 0.5) is 11.4 Å². The number of unbranched alkanes of at least 4 members (excludes halogenated alkanes) is 2. The van der Waals surface area contributed by atoms with Crippen LogP contribution in [-0.2, 0) is 20.9 Å². The number of benzene rings is 3. The van der Waals surface area contributed by atoms with Crippen LogP contribution in [0.5, 0.6) is 0 Å². The molecule has 0 unspecified atom stereocenters. The van der Waals surface area contributed by atoms with Crippen molar-refractivity contribution in [2.45, 2.75) is 39.2 Å². The van der Waals surface area contributed by atoms with E-state index < -0.39 is 0 Å². The molecule has 0 aliphatic carbocycles. The summed E-state index contributed by atoms with van der Waals surface area (Å²) in [6.45, 7) is 3.27. The van der Waals surface area contributed by atoms with Crippen LogP contribution in [0, 0.1) is 0 Å². The zero-order chi connectivity index (χ0) is 26.6. The van der Waals surface area contributed by atoms with Gasteiger partial charge in [-0.05, 0) is 56.2 Å². The van der Waals surface area contributed by atoms with Crippen molar-refractivity contribution in [2.24, 2.45) is 0 Å². The Morgan fingerprint density at radius 1 is 0.868 bits per heavy atom. The van der Waals surface area contributed by atoms with E-state index >= 15 is 0 Å². The highest BCUT2D eigenvalue weighted by Gasteiger charge is 2.24. The number of aryl methyl sites for hydroxylation is 1. The van der Waals surface area contributed by atoms with E-state index in [0.717, 1.165) is 57.3 Å². The van der Waals surface area contributed by atoms with Crippen molar-refractivity contribution in [3.63, 3.8) is 0 Å². The molecule has 0 saturated carbocycles. The first-order valence-corrected chi connectivity index (χ1v) is 13.0. The SMILES string of the molecule is CC[n+]1c(-c2ccccc2)c2cc(NC(=O)CCCCCN3C(=O)C=CC3=O)ccc2c2ccc(N)cc21. The molecule has 3 N–H and O–H groups in total. The molecule has 5 rings (SSSR count). The Labute approximate surface area is 221 Å². The number of anilines is 2. The Bertz CT molecular complexity index is 1560. The maximum absolute atomic E-state index is 12.7. The Kier molecular flexibility index (Phi) is 7.18. The number of hydrogen-bond acceptors (Lipinski definition) is 4. The first-order valence-electron chi connectivity index (χ1n) is 13.0. The number of carbonyl (C=O) groups is 3. The fourth-order valence-electron chi connectivity index (χ4n) is 5.16. The lowest BCUT2D eigenvalue weighted by molar-refractivity contribution is -0.655. The second kappa shape index (κ2) is 10.8. The normalized spacial score (nSPS) is 13.1. The Balaban J connectivity index is 1.37. The van der Waals surface area contributed by atoms with Crippen LogP contribution in [-0.4, -0.2) is 29.2 Å². The fourth-order valence-corrected chi connectivity index (χ4v) is 5.16. The highest BCUT2D eigenvalue weighted by molar-refractivity contribution is 6.13. The summed E-state index contributed by atoms with van der Waals surface area (Å²) in [5.41, 5.74) is 10.9. The maximum atomic E-state index is 12.7. The Morgan fingerprint density at radius 3 is 2.34 bits per heavy atom. The van der Waals surface area contributed by atoms with Crippen LogP contribution >= 0.6 is 0 Å². The smallest absolute Gasteiger partial charge is 0.253 e. The van der Waals surface area contributed by atoms with E-state index in [-0.39, 0.29) is 17.7 Å². The molecular weight excluding hydrogens is 476 g/mol. The van der Waals surface area contributed by atoms with E-state index in [4.69, 9.17) is 5.73 Å². The highest BCUT2D eigenvalue weighted by Crippen LogP contribution is 2.34. The second-order valence-electron chi connectivity index (χ2n) is 9.52. The second-order valence-corrected chi connectivity index (χ2v) is 9.52. The van der Waals surface area contributed by atoms with E-state index in [1.807, 2.05) is 36.4 Å². The topological polar surface area (TPSA) is 96.4 Å². The maximum Gasteiger partial charge on any atom is 0.253 e. The minimum Gasteiger partial charge on any atom is -0.399 e. The van der Waals surface area contributed by atoms with Gasteiger partial charge in [-0.3, -0.25) is 19.3 Å². The number of aromatic nitrogens is 1. The molecule has 192 valence electrons. The van der Waals surface area contributed by atoms with Crippen LogP contribution in [0.1, 0.15) is 32.6 Å². The first kappa shape index (κ1) is 25.1. The third-order valence-electron chi connectivity index (χ3n) is 6.98. The monoisotopic (exact) mass is 507 g/mol. The van der Waals surface area contributed by atoms with E-state index in [9.17, 15) is 14.4 Å². The van der Waals surface area contributed by atoms with Gasteiger partial charge in [0.15, 0.2) is 0 Å². The van der Waals surface area contributed by atoms with E-state index in [1.54, 1.807) is 0 Å². The van der Waals surface area contributed by atoms with Gasteiger partial charge < -0.3 is 11.1 Å². The molecule has 0 spiro atoms. The summed E-state index contributed by atoms with van der Waals surface area (Å²) < 4.78 is 2.28. The van der Waals surface area contributed by atoms with Gasteiger partial charge in [-0.1, -0.05) is 30.7 Å². The van der Waals surface area contributed by atoms with Gasteiger partial charge in [0.25, 0.3) is 11.8 Å². The quantitative estimate of drug-likeness (QED) is 0.110. The van der Waals surface area contributed by atoms with Gasteiger partial charge >= 0.3 is 0 Å². The summed E-state index contributed by atoms with van der Waals surface area (Å²) in [7, 11) is 0. The van der Waals surface area contributed by atoms with Gasteiger partial charge in [-0.25, -0.2) is 0 Å². The number of hydrogen-bond donors (Lipinski definition) is 2. The lowest BCUT2D eigenvalue weighted by Crippen LogP contribution is -2.36. The number of pyridine rings is 1. The van der Waals surface area contributed by atoms with Crippen LogP contribution in [0.3, 0.4) is 0 Å². The van der Waals surface area contributed by atoms with E-state index in [1.165, 1.54) is 17.1 Å². The van der Waals surface area contributed by atoms with Crippen molar-refractivity contribution in [2.75, 3.05) is 17.6 Å². The highest BCUT2D eigenvalue weighted by atomic mass is 16.2. The van der Waals surface area contributed by atoms with Crippen molar-refractivity contribution in [3.8, 4) is 11.3 Å². The largest absolute Gasteiger partial charge is 0.399 e. The summed E-state index contributed by atoms with van der Waals surface area (Å²) in [6.07, 6.45) is 5.07. The van der Waals surface area contributed by atoms with Gasteiger partial charge in [0.1, 0.15) is 6.54 Å². The van der Waals surface area contributed by atoms with Gasteiger partial charge in [0.05, 0.1) is 10.8 Å². The number of nitrogen functional groups attached to an aromatic ring is 1. The van der Waals surface area contributed by atoms with Crippen LogP contribution in [0.2, 0.25) is 0 Å². The lowest BCUT2D eigenvalue weighted by Gasteiger charge is -2.14. The first-order chi connectivity index (χ1) is 18.5. The molecule has 7 nitrogen and oxygen atoms in total. The van der Waals surface area contributed by atoms with Crippen LogP contribution < -0.4 is 15.6 Å². The Hall–Kier alpha value is -4.52. The van der Waals surface area contributed by atoms with Crippen molar-refractivity contribution >= 4 is 50.8 Å². The molecule has 0 fully saturated rings. The van der Waals surface area contributed by atoms with Crippen molar-refractivity contribution in [3.05, 3.63) is 78.9 Å². The number of carbonyl (C=O) groups excluding carboxylic acids is 3. The molecule has 2 heterocycles. The molecule has 38 heavy (non-hydrogen) atoms. The predicted molar refractivity (Wildman–Crippen MR) is 150 cm³/mol. The van der Waals surface area contributed by atoms with Crippen molar-refractivity contribution < 1.29 is 19.0 Å². The molecule has 1 aliphatic rings. The molecule has 4 aromatic rings. The number of rotatable bonds is 9. The molecule has 1 aromatic heterocycles. The van der Waals surface area contributed by atoms with Gasteiger partial charge in [-0.2, -0.15) is 4.57 Å². The van der Waals surface area contributed by atoms with Crippen LogP contribution in [0.15, 0.2) is 78.9 Å². The number of amides is 3. The van der Waals surface area contributed by atoms with Gasteiger partial charge in [-0.15, -0.1) is 0 Å². The van der Waals surface area contributed by atoms with Gasteiger partial charge in [0, 0.05) is 53.5 Å². The zero-order valence-corrected chi connectivity index (χ0v) is 21.4. The standard InChI is InChI=1S/C31H30N4O3/c1-2-34-27-19-22(32)12-14-25(27)24-15-13-23(20-26(24)31(34)21-9-5-3-6-10-21)33-28(36)11-7-4-8-18-35-29(37)16-17-30(35)38/h3,5-6,9-10,12-17,19-20,32H,2,4,7-8,11,18H2,1H3,(H,33,36)/p+1. The summed E-state index contributed by atoms with van der Waals surface area (Å²) >= 11 is 0. The molecule has 0 atom stereocenters. The molecule has 1 aliphatic heterocycles. The molecule has 3 amide bonds. The molecule has 0 bridgehead atoms. The summed E-state index contributed by atoms with van der Waals surface area (Å²) in [5, 5.41) is 6.32. The number of fused-ring (bicyclic) bond motifs is 3.